The van der Waals surface area contributed by atoms with Gasteiger partial charge in [-0.15, -0.1) is 0 Å². The van der Waals surface area contributed by atoms with Gasteiger partial charge in [0.2, 0.25) is 0 Å². The van der Waals surface area contributed by atoms with E-state index in [-0.39, 0.29) is 12.1 Å². The lowest BCUT2D eigenvalue weighted by atomic mass is 9.94. The Kier molecular flexibility index (Phi) is 4.74. The van der Waals surface area contributed by atoms with Crippen LogP contribution < -0.4 is 5.32 Å². The van der Waals surface area contributed by atoms with Crippen molar-refractivity contribution in [2.45, 2.75) is 44.8 Å². The lowest BCUT2D eigenvalue weighted by Gasteiger charge is -2.31. The maximum atomic E-state index is 11.9. The smallest absolute Gasteiger partial charge is 0.328 e. The second-order valence-electron chi connectivity index (χ2n) is 4.52. The van der Waals surface area contributed by atoms with Crippen molar-refractivity contribution in [2.24, 2.45) is 5.92 Å². The Labute approximate surface area is 97.7 Å². The molecule has 0 saturated heterocycles. The fraction of sp³-hybridized carbons (Fsp3) is 0.917. The van der Waals surface area contributed by atoms with E-state index in [0.29, 0.717) is 12.5 Å². The van der Waals surface area contributed by atoms with E-state index in [1.54, 1.807) is 7.05 Å². The zero-order valence-corrected chi connectivity index (χ0v) is 10.7. The number of esters is 1. The molecule has 1 aliphatic rings. The summed E-state index contributed by atoms with van der Waals surface area (Å²) in [5, 5.41) is 3.11. The van der Waals surface area contributed by atoms with Crippen molar-refractivity contribution >= 4 is 5.97 Å². The first kappa shape index (κ1) is 13.5. The maximum absolute atomic E-state index is 11.9. The predicted molar refractivity (Wildman–Crippen MR) is 62.2 cm³/mol. The normalized spacial score (nSPS) is 21.2. The highest BCUT2D eigenvalue weighted by Gasteiger charge is 2.51. The minimum absolute atomic E-state index is 0.177. The monoisotopic (exact) mass is 229 g/mol. The topological polar surface area (TPSA) is 47.6 Å². The number of ether oxygens (including phenoxy) is 2. The molecular formula is C12H23NO3. The van der Waals surface area contributed by atoms with E-state index in [2.05, 4.69) is 12.2 Å². The number of nitrogens with one attached hydrogen (secondary N) is 1. The SMILES string of the molecule is CCC(C)OCC(NC)(C(=O)OC)C1CC1. The predicted octanol–water partition coefficient (Wildman–Crippen LogP) is 1.34. The van der Waals surface area contributed by atoms with Gasteiger partial charge in [0.15, 0.2) is 0 Å². The summed E-state index contributed by atoms with van der Waals surface area (Å²) in [6.07, 6.45) is 3.27. The molecule has 4 heteroatoms. The van der Waals surface area contributed by atoms with Crippen LogP contribution in [0.2, 0.25) is 0 Å². The molecule has 16 heavy (non-hydrogen) atoms. The van der Waals surface area contributed by atoms with Crippen LogP contribution in [-0.4, -0.2) is 38.4 Å². The van der Waals surface area contributed by atoms with E-state index >= 15 is 0 Å². The summed E-state index contributed by atoms with van der Waals surface area (Å²) < 4.78 is 10.6. The molecule has 0 aromatic heterocycles. The maximum Gasteiger partial charge on any atom is 0.328 e. The summed E-state index contributed by atoms with van der Waals surface area (Å²) >= 11 is 0. The molecule has 0 amide bonds. The van der Waals surface area contributed by atoms with Crippen LogP contribution in [0.1, 0.15) is 33.1 Å². The van der Waals surface area contributed by atoms with Gasteiger partial charge in [0.1, 0.15) is 5.54 Å². The van der Waals surface area contributed by atoms with Crippen molar-refractivity contribution in [3.8, 4) is 0 Å². The number of methoxy groups -OCH3 is 1. The molecule has 94 valence electrons. The van der Waals surface area contributed by atoms with E-state index in [1.165, 1.54) is 7.11 Å². The summed E-state index contributed by atoms with van der Waals surface area (Å²) in [5.41, 5.74) is -0.641. The molecule has 1 fully saturated rings. The van der Waals surface area contributed by atoms with Gasteiger partial charge in [-0.05, 0) is 39.2 Å². The van der Waals surface area contributed by atoms with Crippen molar-refractivity contribution in [2.75, 3.05) is 20.8 Å². The second-order valence-corrected chi connectivity index (χ2v) is 4.52. The van der Waals surface area contributed by atoms with Crippen LogP contribution in [0.25, 0.3) is 0 Å². The minimum atomic E-state index is -0.641. The van der Waals surface area contributed by atoms with Gasteiger partial charge in [0.05, 0.1) is 19.8 Å². The minimum Gasteiger partial charge on any atom is -0.468 e. The van der Waals surface area contributed by atoms with Crippen molar-refractivity contribution in [3.05, 3.63) is 0 Å². The van der Waals surface area contributed by atoms with Crippen molar-refractivity contribution in [3.63, 3.8) is 0 Å². The number of rotatable bonds is 7. The molecule has 0 aromatic carbocycles. The zero-order chi connectivity index (χ0) is 12.2. The van der Waals surface area contributed by atoms with Crippen LogP contribution in [0.15, 0.2) is 0 Å². The molecule has 2 unspecified atom stereocenters. The fourth-order valence-electron chi connectivity index (χ4n) is 1.87. The van der Waals surface area contributed by atoms with E-state index < -0.39 is 5.54 Å². The van der Waals surface area contributed by atoms with E-state index in [4.69, 9.17) is 9.47 Å². The lowest BCUT2D eigenvalue weighted by molar-refractivity contribution is -0.153. The van der Waals surface area contributed by atoms with Gasteiger partial charge in [-0.2, -0.15) is 0 Å². The molecule has 2 atom stereocenters. The summed E-state index contributed by atoms with van der Waals surface area (Å²) in [5.74, 6) is 0.148. The number of carbonyl (C=O) groups excluding carboxylic acids is 1. The molecule has 0 aromatic rings. The zero-order valence-electron chi connectivity index (χ0n) is 10.7. The highest BCUT2D eigenvalue weighted by atomic mass is 16.5. The molecule has 4 nitrogen and oxygen atoms in total. The molecule has 1 aliphatic carbocycles. The molecule has 0 heterocycles. The molecule has 1 rings (SSSR count). The summed E-state index contributed by atoms with van der Waals surface area (Å²) in [7, 11) is 3.23. The van der Waals surface area contributed by atoms with Gasteiger partial charge in [-0.3, -0.25) is 0 Å². The van der Waals surface area contributed by atoms with Crippen LogP contribution in [0.3, 0.4) is 0 Å². The van der Waals surface area contributed by atoms with Gasteiger partial charge in [-0.25, -0.2) is 4.79 Å². The second kappa shape index (κ2) is 5.64. The van der Waals surface area contributed by atoms with Crippen LogP contribution in [0, 0.1) is 5.92 Å². The molecular weight excluding hydrogens is 206 g/mol. The number of likely N-dealkylation sites (N-methyl/N-ethyl adjacent to an activating group) is 1. The average molecular weight is 229 g/mol. The fourth-order valence-corrected chi connectivity index (χ4v) is 1.87. The van der Waals surface area contributed by atoms with Crippen LogP contribution >= 0.6 is 0 Å². The molecule has 0 radical (unpaired) electrons. The Hall–Kier alpha value is -0.610. The Morgan fingerprint density at radius 1 is 1.56 bits per heavy atom. The first-order valence-corrected chi connectivity index (χ1v) is 5.99. The number of carbonyl (C=O) groups is 1. The standard InChI is InChI=1S/C12H23NO3/c1-5-9(2)16-8-12(13-3,10-6-7-10)11(14)15-4/h9-10,13H,5-8H2,1-4H3. The van der Waals surface area contributed by atoms with Gasteiger partial charge in [0.25, 0.3) is 0 Å². The molecule has 0 bridgehead atoms. The third-order valence-corrected chi connectivity index (χ3v) is 3.44. The largest absolute Gasteiger partial charge is 0.468 e. The van der Waals surface area contributed by atoms with Gasteiger partial charge >= 0.3 is 5.97 Å². The van der Waals surface area contributed by atoms with Gasteiger partial charge < -0.3 is 14.8 Å². The van der Waals surface area contributed by atoms with Gasteiger partial charge in [-0.1, -0.05) is 6.92 Å². The van der Waals surface area contributed by atoms with Crippen molar-refractivity contribution in [1.82, 2.24) is 5.32 Å². The average Bonchev–Trinajstić information content (AvgIpc) is 3.14. The van der Waals surface area contributed by atoms with Gasteiger partial charge in [0, 0.05) is 0 Å². The molecule has 1 saturated carbocycles. The van der Waals surface area contributed by atoms with Crippen molar-refractivity contribution < 1.29 is 14.3 Å². The molecule has 0 aliphatic heterocycles. The number of hydrogen-bond donors (Lipinski definition) is 1. The first-order chi connectivity index (χ1) is 7.60. The Morgan fingerprint density at radius 2 is 2.19 bits per heavy atom. The summed E-state index contributed by atoms with van der Waals surface area (Å²) in [6, 6.07) is 0. The third kappa shape index (κ3) is 2.74. The molecule has 1 N–H and O–H groups in total. The Balaban J connectivity index is 2.65. The summed E-state index contributed by atoms with van der Waals surface area (Å²) in [4.78, 5) is 11.9. The van der Waals surface area contributed by atoms with E-state index in [9.17, 15) is 4.79 Å². The third-order valence-electron chi connectivity index (χ3n) is 3.44. The Bertz CT molecular complexity index is 240. The number of hydrogen-bond acceptors (Lipinski definition) is 4. The summed E-state index contributed by atoms with van der Waals surface area (Å²) in [6.45, 7) is 4.49. The van der Waals surface area contributed by atoms with Crippen LogP contribution in [-0.2, 0) is 14.3 Å². The van der Waals surface area contributed by atoms with Crippen molar-refractivity contribution in [1.29, 1.82) is 0 Å². The van der Waals surface area contributed by atoms with Crippen LogP contribution in [0.4, 0.5) is 0 Å². The lowest BCUT2D eigenvalue weighted by Crippen LogP contribution is -2.57. The highest BCUT2D eigenvalue weighted by Crippen LogP contribution is 2.40. The van der Waals surface area contributed by atoms with Crippen LogP contribution in [0.5, 0.6) is 0 Å². The Morgan fingerprint density at radius 3 is 2.56 bits per heavy atom. The molecule has 0 spiro atoms. The first-order valence-electron chi connectivity index (χ1n) is 5.99. The quantitative estimate of drug-likeness (QED) is 0.669. The highest BCUT2D eigenvalue weighted by molar-refractivity contribution is 5.82. The van der Waals surface area contributed by atoms with E-state index in [1.807, 2.05) is 6.92 Å². The van der Waals surface area contributed by atoms with E-state index in [0.717, 1.165) is 19.3 Å².